The number of nitrogens with zero attached hydrogens (tertiary/aromatic N) is 4. The number of anilines is 1. The average Bonchev–Trinajstić information content (AvgIpc) is 2.79. The first kappa shape index (κ1) is 11.0. The summed E-state index contributed by atoms with van der Waals surface area (Å²) >= 11 is 0. The van der Waals surface area contributed by atoms with Crippen molar-refractivity contribution >= 4 is 5.69 Å². The molecule has 0 aliphatic carbocycles. The topological polar surface area (TPSA) is 32.3 Å². The van der Waals surface area contributed by atoms with E-state index in [9.17, 15) is 0 Å². The first-order chi connectivity index (χ1) is 8.27. The van der Waals surface area contributed by atoms with Gasteiger partial charge in [-0.25, -0.2) is 0 Å². The van der Waals surface area contributed by atoms with E-state index >= 15 is 0 Å². The van der Waals surface area contributed by atoms with E-state index in [2.05, 4.69) is 33.1 Å². The van der Waals surface area contributed by atoms with Gasteiger partial charge in [0, 0.05) is 13.1 Å². The number of hydrogen-bond donors (Lipinski definition) is 0. The summed E-state index contributed by atoms with van der Waals surface area (Å²) in [5.41, 5.74) is 1.80. The Morgan fingerprint density at radius 3 is 2.59 bits per heavy atom. The van der Waals surface area contributed by atoms with E-state index in [0.717, 1.165) is 0 Å². The molecule has 1 aromatic rings. The van der Waals surface area contributed by atoms with Gasteiger partial charge < -0.3 is 9.80 Å². The maximum atomic E-state index is 3.97. The largest absolute Gasteiger partial charge is 0.370 e. The molecule has 0 radical (unpaired) electrons. The number of piperidine rings is 1. The highest BCUT2D eigenvalue weighted by atomic mass is 15.2. The molecule has 0 saturated carbocycles. The summed E-state index contributed by atoms with van der Waals surface area (Å²) < 4.78 is 0. The van der Waals surface area contributed by atoms with Crippen LogP contribution < -0.4 is 4.90 Å². The van der Waals surface area contributed by atoms with E-state index in [-0.39, 0.29) is 0 Å². The third kappa shape index (κ3) is 2.14. The van der Waals surface area contributed by atoms with Gasteiger partial charge >= 0.3 is 0 Å². The quantitative estimate of drug-likeness (QED) is 0.732. The lowest BCUT2D eigenvalue weighted by atomic mass is 9.78. The molecule has 0 amide bonds. The molecule has 4 heteroatoms. The lowest BCUT2D eigenvalue weighted by Crippen LogP contribution is -2.39. The molecule has 92 valence electrons. The third-order valence-corrected chi connectivity index (χ3v) is 4.42. The Bertz CT molecular complexity index is 370. The maximum absolute atomic E-state index is 3.97. The Morgan fingerprint density at radius 1 is 1.12 bits per heavy atom. The van der Waals surface area contributed by atoms with Crippen LogP contribution in [0, 0.1) is 5.41 Å². The smallest absolute Gasteiger partial charge is 0.0729 e. The van der Waals surface area contributed by atoms with Crippen LogP contribution in [0.3, 0.4) is 0 Å². The van der Waals surface area contributed by atoms with Crippen LogP contribution >= 0.6 is 0 Å². The Labute approximate surface area is 103 Å². The Kier molecular flexibility index (Phi) is 2.74. The monoisotopic (exact) mass is 232 g/mol. The molecule has 2 fully saturated rings. The van der Waals surface area contributed by atoms with Crippen molar-refractivity contribution in [2.24, 2.45) is 5.41 Å². The summed E-state index contributed by atoms with van der Waals surface area (Å²) in [6.45, 7) is 4.88. The molecule has 4 nitrogen and oxygen atoms in total. The lowest BCUT2D eigenvalue weighted by Gasteiger charge is -2.37. The zero-order valence-corrected chi connectivity index (χ0v) is 10.5. The summed E-state index contributed by atoms with van der Waals surface area (Å²) in [6.07, 6.45) is 7.70. The fourth-order valence-corrected chi connectivity index (χ4v) is 3.13. The first-order valence-electron chi connectivity index (χ1n) is 6.48. The second kappa shape index (κ2) is 4.26. The van der Waals surface area contributed by atoms with Crippen molar-refractivity contribution < 1.29 is 0 Å². The molecule has 3 heterocycles. The van der Waals surface area contributed by atoms with Gasteiger partial charge in [0.15, 0.2) is 0 Å². The molecule has 2 aliphatic rings. The van der Waals surface area contributed by atoms with Crippen LogP contribution in [-0.4, -0.2) is 48.3 Å². The molecule has 1 aromatic heterocycles. The van der Waals surface area contributed by atoms with E-state index in [1.54, 1.807) is 6.20 Å². The SMILES string of the molecule is CN1CCC2(CC1)CCN(c1ccnnc1)C2. The van der Waals surface area contributed by atoms with Gasteiger partial charge in [-0.15, -0.1) is 0 Å². The van der Waals surface area contributed by atoms with Gasteiger partial charge in [0.1, 0.15) is 0 Å². The lowest BCUT2D eigenvalue weighted by molar-refractivity contribution is 0.142. The van der Waals surface area contributed by atoms with Crippen LogP contribution in [-0.2, 0) is 0 Å². The van der Waals surface area contributed by atoms with Crippen molar-refractivity contribution in [2.75, 3.05) is 38.1 Å². The fourth-order valence-electron chi connectivity index (χ4n) is 3.13. The van der Waals surface area contributed by atoms with Gasteiger partial charge in [-0.2, -0.15) is 10.2 Å². The molecular weight excluding hydrogens is 212 g/mol. The van der Waals surface area contributed by atoms with Crippen LogP contribution in [0.1, 0.15) is 19.3 Å². The van der Waals surface area contributed by atoms with Crippen LogP contribution in [0.2, 0.25) is 0 Å². The predicted octanol–water partition coefficient (Wildman–Crippen LogP) is 1.40. The van der Waals surface area contributed by atoms with Crippen molar-refractivity contribution in [2.45, 2.75) is 19.3 Å². The fraction of sp³-hybridized carbons (Fsp3) is 0.692. The molecular formula is C13H20N4. The van der Waals surface area contributed by atoms with Crippen LogP contribution in [0.15, 0.2) is 18.5 Å². The van der Waals surface area contributed by atoms with E-state index in [4.69, 9.17) is 0 Å². The molecule has 2 aliphatic heterocycles. The number of hydrogen-bond acceptors (Lipinski definition) is 4. The van der Waals surface area contributed by atoms with Crippen LogP contribution in [0.25, 0.3) is 0 Å². The second-order valence-electron chi connectivity index (χ2n) is 5.58. The summed E-state index contributed by atoms with van der Waals surface area (Å²) in [6, 6.07) is 2.07. The first-order valence-corrected chi connectivity index (χ1v) is 6.48. The zero-order chi connectivity index (χ0) is 11.7. The highest BCUT2D eigenvalue weighted by Gasteiger charge is 2.39. The average molecular weight is 232 g/mol. The van der Waals surface area contributed by atoms with Gasteiger partial charge in [0.05, 0.1) is 18.1 Å². The van der Waals surface area contributed by atoms with Crippen molar-refractivity contribution in [3.8, 4) is 0 Å². The normalized spacial score (nSPS) is 24.4. The standard InChI is InChI=1S/C13H20N4/c1-16-7-3-13(4-8-16)5-9-17(11-13)12-2-6-14-15-10-12/h2,6,10H,3-5,7-9,11H2,1H3. The molecule has 17 heavy (non-hydrogen) atoms. The van der Waals surface area contributed by atoms with Crippen LogP contribution in [0.4, 0.5) is 5.69 Å². The highest BCUT2D eigenvalue weighted by Crippen LogP contribution is 2.41. The molecule has 3 rings (SSSR count). The van der Waals surface area contributed by atoms with Crippen molar-refractivity contribution in [3.63, 3.8) is 0 Å². The third-order valence-electron chi connectivity index (χ3n) is 4.42. The summed E-state index contributed by atoms with van der Waals surface area (Å²) in [5.74, 6) is 0. The summed E-state index contributed by atoms with van der Waals surface area (Å²) in [4.78, 5) is 4.92. The van der Waals surface area contributed by atoms with Gasteiger partial charge in [0.25, 0.3) is 0 Å². The van der Waals surface area contributed by atoms with Gasteiger partial charge in [0.2, 0.25) is 0 Å². The zero-order valence-electron chi connectivity index (χ0n) is 10.5. The number of rotatable bonds is 1. The van der Waals surface area contributed by atoms with E-state index in [1.807, 2.05) is 6.20 Å². The van der Waals surface area contributed by atoms with E-state index in [0.29, 0.717) is 5.41 Å². The van der Waals surface area contributed by atoms with Gasteiger partial charge in [-0.05, 0) is 50.9 Å². The van der Waals surface area contributed by atoms with Crippen molar-refractivity contribution in [1.29, 1.82) is 0 Å². The van der Waals surface area contributed by atoms with Gasteiger partial charge in [-0.3, -0.25) is 0 Å². The summed E-state index contributed by atoms with van der Waals surface area (Å²) in [7, 11) is 2.23. The number of aromatic nitrogens is 2. The molecule has 0 aromatic carbocycles. The number of likely N-dealkylation sites (tertiary alicyclic amines) is 1. The van der Waals surface area contributed by atoms with E-state index in [1.165, 1.54) is 51.1 Å². The molecule has 0 N–H and O–H groups in total. The minimum Gasteiger partial charge on any atom is -0.370 e. The predicted molar refractivity (Wildman–Crippen MR) is 68.0 cm³/mol. The van der Waals surface area contributed by atoms with Crippen LogP contribution in [0.5, 0.6) is 0 Å². The molecule has 0 atom stereocenters. The molecule has 0 bridgehead atoms. The second-order valence-corrected chi connectivity index (χ2v) is 5.58. The minimum atomic E-state index is 0.565. The van der Waals surface area contributed by atoms with Crippen molar-refractivity contribution in [3.05, 3.63) is 18.5 Å². The highest BCUT2D eigenvalue weighted by molar-refractivity contribution is 5.44. The summed E-state index contributed by atoms with van der Waals surface area (Å²) in [5, 5.41) is 7.82. The molecule has 1 spiro atoms. The van der Waals surface area contributed by atoms with Crippen molar-refractivity contribution in [1.82, 2.24) is 15.1 Å². The van der Waals surface area contributed by atoms with Gasteiger partial charge in [-0.1, -0.05) is 0 Å². The Hall–Kier alpha value is -1.16. The van der Waals surface area contributed by atoms with E-state index < -0.39 is 0 Å². The minimum absolute atomic E-state index is 0.565. The molecule has 2 saturated heterocycles. The Morgan fingerprint density at radius 2 is 1.88 bits per heavy atom. The maximum Gasteiger partial charge on any atom is 0.0729 e. The molecule has 0 unspecified atom stereocenters. The Balaban J connectivity index is 1.70.